The number of hydrogen-bond acceptors (Lipinski definition) is 4. The fourth-order valence-electron chi connectivity index (χ4n) is 2.88. The second-order valence-electron chi connectivity index (χ2n) is 7.15. The fraction of sp³-hybridized carbons (Fsp3) is 0.136. The van der Waals surface area contributed by atoms with Crippen LogP contribution in [0.2, 0.25) is 15.1 Å². The highest BCUT2D eigenvalue weighted by Gasteiger charge is 2.32. The summed E-state index contributed by atoms with van der Waals surface area (Å²) < 4.78 is 71.7. The Kier molecular flexibility index (Phi) is 7.97. The Morgan fingerprint density at radius 2 is 1.50 bits per heavy atom. The van der Waals surface area contributed by atoms with E-state index in [0.29, 0.717) is 17.2 Å². The number of alkyl halides is 3. The Bertz CT molecular complexity index is 1310. The lowest BCUT2D eigenvalue weighted by molar-refractivity contribution is -0.137. The van der Waals surface area contributed by atoms with Gasteiger partial charge in [-0.25, -0.2) is 18.6 Å². The van der Waals surface area contributed by atoms with Crippen LogP contribution in [0.3, 0.4) is 0 Å². The molecule has 0 aliphatic rings. The van der Waals surface area contributed by atoms with Crippen LogP contribution in [0.1, 0.15) is 15.9 Å². The van der Waals surface area contributed by atoms with E-state index in [1.165, 1.54) is 19.2 Å². The van der Waals surface area contributed by atoms with Gasteiger partial charge in [-0.3, -0.25) is 14.6 Å². The number of pyridine rings is 1. The summed E-state index contributed by atoms with van der Waals surface area (Å²) in [4.78, 5) is 30.2. The molecule has 3 rings (SSSR count). The molecule has 0 N–H and O–H groups in total. The highest BCUT2D eigenvalue weighted by atomic mass is 35.5. The molecule has 0 spiro atoms. The van der Waals surface area contributed by atoms with E-state index in [1.807, 2.05) is 0 Å². The van der Waals surface area contributed by atoms with Gasteiger partial charge in [0.25, 0.3) is 5.91 Å². The average Bonchev–Trinajstić information content (AvgIpc) is 2.79. The molecule has 1 aromatic heterocycles. The Hall–Kier alpha value is -3.15. The van der Waals surface area contributed by atoms with Crippen LogP contribution in [0.5, 0.6) is 11.6 Å². The average molecular weight is 569 g/mol. The number of carbonyl (C=O) groups is 2. The number of imide groups is 1. The van der Waals surface area contributed by atoms with Gasteiger partial charge >= 0.3 is 12.2 Å². The van der Waals surface area contributed by atoms with Crippen molar-refractivity contribution in [1.29, 1.82) is 0 Å². The van der Waals surface area contributed by atoms with E-state index < -0.39 is 51.8 Å². The molecule has 0 bridgehead atoms. The smallest absolute Gasteiger partial charge is 0.417 e. The maximum atomic E-state index is 14.0. The van der Waals surface area contributed by atoms with Crippen LogP contribution in [0, 0.1) is 11.6 Å². The van der Waals surface area contributed by atoms with Crippen molar-refractivity contribution < 1.29 is 36.3 Å². The van der Waals surface area contributed by atoms with Crippen molar-refractivity contribution in [2.45, 2.75) is 6.18 Å². The summed E-state index contributed by atoms with van der Waals surface area (Å²) in [7, 11) is 2.26. The highest BCUT2D eigenvalue weighted by molar-refractivity contribution is 6.38. The minimum Gasteiger partial charge on any atom is -0.434 e. The molecular weight excluding hydrogens is 556 g/mol. The van der Waals surface area contributed by atoms with E-state index in [1.54, 1.807) is 0 Å². The van der Waals surface area contributed by atoms with Gasteiger partial charge in [-0.2, -0.15) is 13.2 Å². The Balaban J connectivity index is 1.85. The van der Waals surface area contributed by atoms with Crippen LogP contribution in [0.15, 0.2) is 42.6 Å². The number of carbonyl (C=O) groups excluding carboxylic acids is 2. The monoisotopic (exact) mass is 567 g/mol. The predicted molar refractivity (Wildman–Crippen MR) is 123 cm³/mol. The van der Waals surface area contributed by atoms with Gasteiger partial charge in [-0.1, -0.05) is 40.9 Å². The summed E-state index contributed by atoms with van der Waals surface area (Å²) in [5.41, 5.74) is -1.97. The molecule has 0 unspecified atom stereocenters. The second-order valence-corrected chi connectivity index (χ2v) is 8.37. The molecule has 0 aliphatic heterocycles. The van der Waals surface area contributed by atoms with Crippen LogP contribution in [-0.2, 0) is 6.18 Å². The quantitative estimate of drug-likeness (QED) is 0.307. The summed E-state index contributed by atoms with van der Waals surface area (Å²) in [6.07, 6.45) is -4.16. The fourth-order valence-corrected chi connectivity index (χ4v) is 3.64. The number of anilines is 1. The third kappa shape index (κ3) is 5.63. The van der Waals surface area contributed by atoms with Crippen LogP contribution >= 0.6 is 34.8 Å². The minimum atomic E-state index is -4.67. The van der Waals surface area contributed by atoms with Crippen molar-refractivity contribution in [3.63, 3.8) is 0 Å². The van der Waals surface area contributed by atoms with Gasteiger partial charge in [-0.05, 0) is 30.3 Å². The number of amides is 3. The predicted octanol–water partition coefficient (Wildman–Crippen LogP) is 7.46. The van der Waals surface area contributed by atoms with Crippen LogP contribution < -0.4 is 9.64 Å². The number of nitrogens with zero attached hydrogens (tertiary/aromatic N) is 3. The van der Waals surface area contributed by atoms with E-state index >= 15 is 0 Å². The molecule has 3 amide bonds. The molecule has 14 heteroatoms. The summed E-state index contributed by atoms with van der Waals surface area (Å²) >= 11 is 18.2. The van der Waals surface area contributed by atoms with Gasteiger partial charge in [0.1, 0.15) is 22.2 Å². The van der Waals surface area contributed by atoms with Gasteiger partial charge in [0.2, 0.25) is 5.88 Å². The molecule has 0 atom stereocenters. The number of aromatic nitrogens is 1. The summed E-state index contributed by atoms with van der Waals surface area (Å²) in [5.74, 6) is -4.17. The molecule has 190 valence electrons. The first-order valence-corrected chi connectivity index (χ1v) is 10.7. The van der Waals surface area contributed by atoms with Crippen molar-refractivity contribution in [2.75, 3.05) is 19.0 Å². The first kappa shape index (κ1) is 27.4. The highest BCUT2D eigenvalue weighted by Crippen LogP contribution is 2.41. The van der Waals surface area contributed by atoms with Gasteiger partial charge in [0.05, 0.1) is 15.6 Å². The maximum absolute atomic E-state index is 14.0. The Morgan fingerprint density at radius 3 is 2.00 bits per heavy atom. The third-order valence-corrected chi connectivity index (χ3v) is 5.59. The number of benzene rings is 2. The Morgan fingerprint density at radius 1 is 0.944 bits per heavy atom. The number of rotatable bonds is 4. The van der Waals surface area contributed by atoms with Gasteiger partial charge in [0, 0.05) is 26.0 Å². The third-order valence-electron chi connectivity index (χ3n) is 4.76. The lowest BCUT2D eigenvalue weighted by Crippen LogP contribution is -2.43. The molecule has 3 aromatic rings. The van der Waals surface area contributed by atoms with Crippen LogP contribution in [0.25, 0.3) is 0 Å². The number of urea groups is 1. The van der Waals surface area contributed by atoms with E-state index in [9.17, 15) is 31.5 Å². The molecule has 0 fully saturated rings. The zero-order chi connectivity index (χ0) is 26.9. The number of halogens is 8. The summed E-state index contributed by atoms with van der Waals surface area (Å²) in [6.45, 7) is 0. The lowest BCUT2D eigenvalue weighted by Gasteiger charge is -2.24. The molecular formula is C22H13Cl3F5N3O3. The topological polar surface area (TPSA) is 62.7 Å². The minimum absolute atomic E-state index is 0.0440. The van der Waals surface area contributed by atoms with Gasteiger partial charge < -0.3 is 4.74 Å². The van der Waals surface area contributed by atoms with Crippen molar-refractivity contribution in [2.24, 2.45) is 0 Å². The molecule has 36 heavy (non-hydrogen) atoms. The van der Waals surface area contributed by atoms with E-state index in [0.717, 1.165) is 30.1 Å². The zero-order valence-electron chi connectivity index (χ0n) is 18.1. The molecule has 2 aromatic carbocycles. The SMILES string of the molecule is CN(C(=O)c1c(F)cccc1F)C(=O)N(C)c1cc(Cl)c(Oc2ncc(C(F)(F)F)cc2Cl)c(Cl)c1. The van der Waals surface area contributed by atoms with E-state index in [-0.39, 0.29) is 21.5 Å². The zero-order valence-corrected chi connectivity index (χ0v) is 20.4. The largest absolute Gasteiger partial charge is 0.434 e. The maximum Gasteiger partial charge on any atom is 0.417 e. The normalized spacial score (nSPS) is 11.3. The Labute approximate surface area is 215 Å². The molecule has 1 heterocycles. The van der Waals surface area contributed by atoms with Crippen LogP contribution in [-0.4, -0.2) is 35.9 Å². The molecule has 0 saturated carbocycles. The first-order chi connectivity index (χ1) is 16.7. The van der Waals surface area contributed by atoms with Gasteiger partial charge in [0.15, 0.2) is 5.75 Å². The summed E-state index contributed by atoms with van der Waals surface area (Å²) in [6, 6.07) is 4.81. The molecule has 0 saturated heterocycles. The lowest BCUT2D eigenvalue weighted by atomic mass is 10.1. The van der Waals surface area contributed by atoms with E-state index in [2.05, 4.69) is 4.98 Å². The first-order valence-electron chi connectivity index (χ1n) is 9.61. The van der Waals surface area contributed by atoms with Crippen molar-refractivity contribution >= 4 is 52.4 Å². The van der Waals surface area contributed by atoms with E-state index in [4.69, 9.17) is 39.5 Å². The number of ether oxygens (including phenoxy) is 1. The van der Waals surface area contributed by atoms with Crippen molar-refractivity contribution in [1.82, 2.24) is 9.88 Å². The van der Waals surface area contributed by atoms with Crippen molar-refractivity contribution in [3.8, 4) is 11.6 Å². The summed E-state index contributed by atoms with van der Waals surface area (Å²) in [5, 5.41) is -0.845. The molecule has 0 radical (unpaired) electrons. The van der Waals surface area contributed by atoms with Gasteiger partial charge in [-0.15, -0.1) is 0 Å². The molecule has 0 aliphatic carbocycles. The van der Waals surface area contributed by atoms with Crippen LogP contribution in [0.4, 0.5) is 32.4 Å². The molecule has 6 nitrogen and oxygen atoms in total. The second kappa shape index (κ2) is 10.5. The number of hydrogen-bond donors (Lipinski definition) is 0. The van der Waals surface area contributed by atoms with Crippen molar-refractivity contribution in [3.05, 3.63) is 80.4 Å². The standard InChI is InChI=1S/C22H13Cl3F5N3O3/c1-32(21(35)33(2)20(34)17-15(26)4-3-5-16(17)27)11-7-12(23)18(13(24)8-11)36-19-14(25)6-10(9-31-19)22(28,29)30/h3-9H,1-2H3.